The van der Waals surface area contributed by atoms with Gasteiger partial charge in [-0.2, -0.15) is 0 Å². The number of hydrogen-bond acceptors (Lipinski definition) is 4. The number of nitrogens with one attached hydrogen (secondary N) is 2. The van der Waals surface area contributed by atoms with E-state index in [0.717, 1.165) is 31.0 Å². The quantitative estimate of drug-likeness (QED) is 0.829. The van der Waals surface area contributed by atoms with Gasteiger partial charge in [0.2, 0.25) is 5.91 Å². The number of carbonyl (C=O) groups excluding carboxylic acids is 1. The zero-order chi connectivity index (χ0) is 17.8. The molecule has 1 aromatic heterocycles. The van der Waals surface area contributed by atoms with Crippen molar-refractivity contribution in [1.82, 2.24) is 25.1 Å². The highest BCUT2D eigenvalue weighted by atomic mass is 35.5. The van der Waals surface area contributed by atoms with Gasteiger partial charge in [-0.1, -0.05) is 12.1 Å². The molecule has 2 heterocycles. The van der Waals surface area contributed by atoms with Crippen LogP contribution in [0.4, 0.5) is 4.39 Å². The number of carbonyl (C=O) groups is 1. The number of nitrogens with zero attached hydrogens (tertiary/aromatic N) is 3. The maximum absolute atomic E-state index is 13.0. The van der Waals surface area contributed by atoms with Crippen molar-refractivity contribution >= 4 is 18.3 Å². The fourth-order valence-electron chi connectivity index (χ4n) is 3.19. The summed E-state index contributed by atoms with van der Waals surface area (Å²) in [6.45, 7) is 4.62. The molecule has 0 saturated carbocycles. The third-order valence-electron chi connectivity index (χ3n) is 4.60. The number of piperazine rings is 1. The molecule has 6 nitrogen and oxygen atoms in total. The smallest absolute Gasteiger partial charge is 0.234 e. The Hall–Kier alpha value is -1.96. The van der Waals surface area contributed by atoms with Gasteiger partial charge >= 0.3 is 0 Å². The average Bonchev–Trinajstić information content (AvgIpc) is 3.01. The highest BCUT2D eigenvalue weighted by Gasteiger charge is 2.28. The molecule has 1 aliphatic rings. The summed E-state index contributed by atoms with van der Waals surface area (Å²) in [6, 6.07) is 6.11. The van der Waals surface area contributed by atoms with Crippen LogP contribution < -0.4 is 10.6 Å². The summed E-state index contributed by atoms with van der Waals surface area (Å²) in [6.07, 6.45) is 3.69. The molecule has 1 amide bonds. The lowest BCUT2D eigenvalue weighted by Crippen LogP contribution is -2.50. The number of aryl methyl sites for hydroxylation is 1. The molecule has 1 aromatic carbocycles. The van der Waals surface area contributed by atoms with E-state index in [1.165, 1.54) is 12.1 Å². The van der Waals surface area contributed by atoms with Crippen LogP contribution in [0, 0.1) is 5.82 Å². The summed E-state index contributed by atoms with van der Waals surface area (Å²) in [5, 5.41) is 6.36. The summed E-state index contributed by atoms with van der Waals surface area (Å²) in [4.78, 5) is 19.1. The Morgan fingerprint density at radius 2 is 2.15 bits per heavy atom. The Bertz CT molecular complexity index is 721. The first-order valence-electron chi connectivity index (χ1n) is 8.51. The Morgan fingerprint density at radius 3 is 2.81 bits per heavy atom. The SMILES string of the molecule is CC(NC(=O)CN1CCNCC1c1nccn1C)c1ccc(F)cc1.Cl. The maximum Gasteiger partial charge on any atom is 0.234 e. The minimum atomic E-state index is -0.277. The molecule has 2 aromatic rings. The standard InChI is InChI=1S/C18H24FN5O.ClH/c1-13(14-3-5-15(19)6-4-14)22-17(25)12-24-10-7-20-11-16(24)18-21-8-9-23(18)2;/h3-6,8-9,13,16,20H,7,10-12H2,1-2H3,(H,22,25);1H. The van der Waals surface area contributed by atoms with Crippen LogP contribution in [0.5, 0.6) is 0 Å². The van der Waals surface area contributed by atoms with E-state index >= 15 is 0 Å². The van der Waals surface area contributed by atoms with Crippen molar-refractivity contribution in [3.63, 3.8) is 0 Å². The molecule has 0 bridgehead atoms. The van der Waals surface area contributed by atoms with E-state index in [1.807, 2.05) is 24.7 Å². The van der Waals surface area contributed by atoms with Gasteiger partial charge in [-0.05, 0) is 24.6 Å². The van der Waals surface area contributed by atoms with Crippen LogP contribution in [-0.4, -0.2) is 46.5 Å². The molecule has 2 N–H and O–H groups in total. The summed E-state index contributed by atoms with van der Waals surface area (Å²) in [5.74, 6) is 0.630. The Kier molecular flexibility index (Phi) is 7.14. The Balaban J connectivity index is 0.00000243. The molecule has 0 radical (unpaired) electrons. The minimum Gasteiger partial charge on any atom is -0.348 e. The monoisotopic (exact) mass is 381 g/mol. The highest BCUT2D eigenvalue weighted by Crippen LogP contribution is 2.20. The van der Waals surface area contributed by atoms with Crippen molar-refractivity contribution in [2.24, 2.45) is 7.05 Å². The molecule has 2 unspecified atom stereocenters. The number of amides is 1. The van der Waals surface area contributed by atoms with Crippen LogP contribution in [0.2, 0.25) is 0 Å². The third kappa shape index (κ3) is 4.81. The van der Waals surface area contributed by atoms with Crippen molar-refractivity contribution in [2.45, 2.75) is 19.0 Å². The van der Waals surface area contributed by atoms with Gasteiger partial charge in [0.25, 0.3) is 0 Å². The first-order valence-corrected chi connectivity index (χ1v) is 8.51. The highest BCUT2D eigenvalue weighted by molar-refractivity contribution is 5.85. The molecular weight excluding hydrogens is 357 g/mol. The Morgan fingerprint density at radius 1 is 1.42 bits per heavy atom. The van der Waals surface area contributed by atoms with Crippen molar-refractivity contribution in [3.05, 3.63) is 53.9 Å². The number of imidazole rings is 1. The number of hydrogen-bond donors (Lipinski definition) is 2. The van der Waals surface area contributed by atoms with Gasteiger partial charge < -0.3 is 15.2 Å². The van der Waals surface area contributed by atoms with E-state index in [1.54, 1.807) is 18.3 Å². The second kappa shape index (κ2) is 9.12. The number of rotatable bonds is 5. The molecule has 0 spiro atoms. The lowest BCUT2D eigenvalue weighted by molar-refractivity contribution is -0.123. The lowest BCUT2D eigenvalue weighted by Gasteiger charge is -2.35. The van der Waals surface area contributed by atoms with E-state index in [9.17, 15) is 9.18 Å². The molecule has 1 aliphatic heterocycles. The van der Waals surface area contributed by atoms with Gasteiger partial charge in [0, 0.05) is 39.1 Å². The van der Waals surface area contributed by atoms with Crippen LogP contribution >= 0.6 is 12.4 Å². The van der Waals surface area contributed by atoms with Crippen LogP contribution in [0.1, 0.15) is 30.4 Å². The van der Waals surface area contributed by atoms with E-state index in [2.05, 4.69) is 20.5 Å². The largest absolute Gasteiger partial charge is 0.348 e. The molecule has 8 heteroatoms. The zero-order valence-corrected chi connectivity index (χ0v) is 15.8. The Labute approximate surface area is 159 Å². The molecule has 2 atom stereocenters. The van der Waals surface area contributed by atoms with Gasteiger partial charge in [0.05, 0.1) is 18.6 Å². The van der Waals surface area contributed by atoms with Crippen LogP contribution in [0.3, 0.4) is 0 Å². The first kappa shape index (κ1) is 20.4. The maximum atomic E-state index is 13.0. The summed E-state index contributed by atoms with van der Waals surface area (Å²) in [5.41, 5.74) is 0.885. The predicted octanol–water partition coefficient (Wildman–Crippen LogP) is 1.80. The average molecular weight is 382 g/mol. The molecule has 1 fully saturated rings. The van der Waals surface area contributed by atoms with Gasteiger partial charge in [-0.25, -0.2) is 9.37 Å². The topological polar surface area (TPSA) is 62.2 Å². The van der Waals surface area contributed by atoms with Crippen LogP contribution in [0.25, 0.3) is 0 Å². The van der Waals surface area contributed by atoms with Crippen LogP contribution in [0.15, 0.2) is 36.7 Å². The summed E-state index contributed by atoms with van der Waals surface area (Å²) in [7, 11) is 1.96. The molecule has 26 heavy (non-hydrogen) atoms. The second-order valence-corrected chi connectivity index (χ2v) is 6.43. The predicted molar refractivity (Wildman–Crippen MR) is 101 cm³/mol. The summed E-state index contributed by atoms with van der Waals surface area (Å²) >= 11 is 0. The van der Waals surface area contributed by atoms with E-state index in [4.69, 9.17) is 0 Å². The normalized spacial score (nSPS) is 18.8. The van der Waals surface area contributed by atoms with E-state index in [-0.39, 0.29) is 36.2 Å². The van der Waals surface area contributed by atoms with Gasteiger partial charge in [-0.3, -0.25) is 9.69 Å². The zero-order valence-electron chi connectivity index (χ0n) is 15.0. The van der Waals surface area contributed by atoms with Crippen molar-refractivity contribution in [1.29, 1.82) is 0 Å². The summed E-state index contributed by atoms with van der Waals surface area (Å²) < 4.78 is 15.0. The first-order chi connectivity index (χ1) is 12.0. The van der Waals surface area contributed by atoms with E-state index in [0.29, 0.717) is 6.54 Å². The van der Waals surface area contributed by atoms with Gasteiger partial charge in [0.15, 0.2) is 0 Å². The fourth-order valence-corrected chi connectivity index (χ4v) is 3.19. The van der Waals surface area contributed by atoms with Crippen molar-refractivity contribution in [3.8, 4) is 0 Å². The molecule has 142 valence electrons. The fraction of sp³-hybridized carbons (Fsp3) is 0.444. The molecule has 1 saturated heterocycles. The molecular formula is C18H25ClFN5O. The third-order valence-corrected chi connectivity index (χ3v) is 4.60. The van der Waals surface area contributed by atoms with Crippen molar-refractivity contribution in [2.75, 3.05) is 26.2 Å². The van der Waals surface area contributed by atoms with E-state index < -0.39 is 0 Å². The number of halogens is 2. The molecule has 3 rings (SSSR count). The van der Waals surface area contributed by atoms with Crippen molar-refractivity contribution < 1.29 is 9.18 Å². The van der Waals surface area contributed by atoms with Gasteiger partial charge in [-0.15, -0.1) is 12.4 Å². The van der Waals surface area contributed by atoms with Gasteiger partial charge in [0.1, 0.15) is 11.6 Å². The number of benzene rings is 1. The second-order valence-electron chi connectivity index (χ2n) is 6.43. The number of aromatic nitrogens is 2. The minimum absolute atomic E-state index is 0. The molecule has 0 aliphatic carbocycles. The lowest BCUT2D eigenvalue weighted by atomic mass is 10.1. The van der Waals surface area contributed by atoms with Crippen LogP contribution in [-0.2, 0) is 11.8 Å².